The lowest BCUT2D eigenvalue weighted by Gasteiger charge is -2.29. The minimum absolute atomic E-state index is 0.0836. The molecule has 2 N–H and O–H groups in total. The number of aryl methyl sites for hydroxylation is 1. The van der Waals surface area contributed by atoms with Gasteiger partial charge in [-0.3, -0.25) is 9.78 Å². The first-order chi connectivity index (χ1) is 17.3. The number of pyridine rings is 1. The summed E-state index contributed by atoms with van der Waals surface area (Å²) in [6.07, 6.45) is 7.68. The molecule has 1 aliphatic carbocycles. The normalized spacial score (nSPS) is 17.4. The summed E-state index contributed by atoms with van der Waals surface area (Å²) in [6, 6.07) is 9.68. The number of methoxy groups -OCH3 is 1. The highest BCUT2D eigenvalue weighted by Gasteiger charge is 2.31. The molecule has 1 saturated heterocycles. The van der Waals surface area contributed by atoms with E-state index in [9.17, 15) is 4.79 Å². The van der Waals surface area contributed by atoms with Gasteiger partial charge in [0.15, 0.2) is 0 Å². The van der Waals surface area contributed by atoms with E-state index in [0.29, 0.717) is 22.9 Å². The maximum atomic E-state index is 12.8. The van der Waals surface area contributed by atoms with Gasteiger partial charge in [-0.25, -0.2) is 9.97 Å². The number of carbonyl (C=O) groups excluding carboxylic acids is 1. The predicted octanol–water partition coefficient (Wildman–Crippen LogP) is 4.34. The average molecular weight is 487 g/mol. The van der Waals surface area contributed by atoms with Crippen LogP contribution in [0.15, 0.2) is 42.7 Å². The average Bonchev–Trinajstić information content (AvgIpc) is 3.19. The lowest BCUT2D eigenvalue weighted by Crippen LogP contribution is -2.43. The molecule has 1 aromatic carbocycles. The van der Waals surface area contributed by atoms with Gasteiger partial charge in [0.2, 0.25) is 5.95 Å². The minimum atomic E-state index is -0.0836. The van der Waals surface area contributed by atoms with Crippen molar-refractivity contribution in [2.24, 2.45) is 0 Å². The van der Waals surface area contributed by atoms with Crippen LogP contribution in [-0.4, -0.2) is 59.0 Å². The van der Waals surface area contributed by atoms with Gasteiger partial charge in [-0.05, 0) is 87.1 Å². The van der Waals surface area contributed by atoms with E-state index in [1.54, 1.807) is 25.4 Å². The number of fused-ring (bicyclic) bond motifs is 1. The van der Waals surface area contributed by atoms with Crippen molar-refractivity contribution in [3.63, 3.8) is 0 Å². The molecule has 0 atom stereocenters. The highest BCUT2D eigenvalue weighted by atomic mass is 16.5. The molecule has 0 saturated carbocycles. The Hall–Kier alpha value is -3.52. The summed E-state index contributed by atoms with van der Waals surface area (Å²) in [5.41, 5.74) is 5.64. The molecule has 0 spiro atoms. The van der Waals surface area contributed by atoms with Crippen molar-refractivity contribution in [3.8, 4) is 17.0 Å². The van der Waals surface area contributed by atoms with Crippen molar-refractivity contribution in [3.05, 3.63) is 59.5 Å². The first-order valence-corrected chi connectivity index (χ1v) is 12.6. The molecule has 8 heteroatoms. The Bertz CT molecular complexity index is 1270. The van der Waals surface area contributed by atoms with E-state index in [0.717, 1.165) is 50.0 Å². The number of nitrogens with zero attached hydrogens (tertiary/aromatic N) is 4. The quantitative estimate of drug-likeness (QED) is 0.535. The largest absolute Gasteiger partial charge is 0.495 e. The molecule has 2 aliphatic rings. The summed E-state index contributed by atoms with van der Waals surface area (Å²) in [5.74, 6) is 0.926. The lowest BCUT2D eigenvalue weighted by molar-refractivity contribution is 0.0916. The van der Waals surface area contributed by atoms with Crippen LogP contribution < -0.4 is 15.4 Å². The van der Waals surface area contributed by atoms with Gasteiger partial charge >= 0.3 is 0 Å². The van der Waals surface area contributed by atoms with Gasteiger partial charge in [0.25, 0.3) is 5.91 Å². The highest BCUT2D eigenvalue weighted by molar-refractivity contribution is 5.95. The second-order valence-electron chi connectivity index (χ2n) is 10.5. The molecule has 8 nitrogen and oxygen atoms in total. The topological polar surface area (TPSA) is 92.3 Å². The number of amides is 1. The van der Waals surface area contributed by atoms with Gasteiger partial charge < -0.3 is 20.3 Å². The second-order valence-corrected chi connectivity index (χ2v) is 10.5. The number of ether oxygens (including phenoxy) is 1. The molecule has 3 aromatic rings. The lowest BCUT2D eigenvalue weighted by atomic mass is 9.86. The van der Waals surface area contributed by atoms with E-state index in [-0.39, 0.29) is 17.4 Å². The number of benzene rings is 1. The predicted molar refractivity (Wildman–Crippen MR) is 141 cm³/mol. The monoisotopic (exact) mass is 486 g/mol. The van der Waals surface area contributed by atoms with Crippen LogP contribution in [0.25, 0.3) is 11.3 Å². The molecule has 1 fully saturated rings. The second kappa shape index (κ2) is 9.85. The fraction of sp³-hybridized carbons (Fsp3) is 0.429. The van der Waals surface area contributed by atoms with Crippen LogP contribution in [0, 0.1) is 0 Å². The van der Waals surface area contributed by atoms with Crippen molar-refractivity contribution in [2.45, 2.75) is 51.0 Å². The third-order valence-corrected chi connectivity index (χ3v) is 7.40. The van der Waals surface area contributed by atoms with Gasteiger partial charge in [-0.1, -0.05) is 13.8 Å². The molecule has 36 heavy (non-hydrogen) atoms. The smallest absolute Gasteiger partial charge is 0.251 e. The van der Waals surface area contributed by atoms with Crippen molar-refractivity contribution in [2.75, 3.05) is 32.6 Å². The Morgan fingerprint density at radius 3 is 2.72 bits per heavy atom. The summed E-state index contributed by atoms with van der Waals surface area (Å²) in [4.78, 5) is 28.9. The Balaban J connectivity index is 1.32. The molecule has 1 aliphatic heterocycles. The number of hydrogen-bond donors (Lipinski definition) is 2. The molecule has 5 rings (SSSR count). The fourth-order valence-corrected chi connectivity index (χ4v) is 5.04. The van der Waals surface area contributed by atoms with Crippen molar-refractivity contribution in [1.29, 1.82) is 0 Å². The summed E-state index contributed by atoms with van der Waals surface area (Å²) in [5, 5.41) is 6.40. The van der Waals surface area contributed by atoms with Crippen molar-refractivity contribution >= 4 is 17.5 Å². The number of hydrogen-bond acceptors (Lipinski definition) is 7. The summed E-state index contributed by atoms with van der Waals surface area (Å²) < 4.78 is 5.59. The van der Waals surface area contributed by atoms with Crippen LogP contribution in [0.2, 0.25) is 0 Å². The summed E-state index contributed by atoms with van der Waals surface area (Å²) in [7, 11) is 3.70. The summed E-state index contributed by atoms with van der Waals surface area (Å²) >= 11 is 0. The number of anilines is 2. The first-order valence-electron chi connectivity index (χ1n) is 12.6. The zero-order valence-corrected chi connectivity index (χ0v) is 21.5. The number of piperidine rings is 1. The van der Waals surface area contributed by atoms with Crippen LogP contribution in [-0.2, 0) is 11.8 Å². The van der Waals surface area contributed by atoms with E-state index in [4.69, 9.17) is 14.7 Å². The van der Waals surface area contributed by atoms with E-state index in [2.05, 4.69) is 47.5 Å². The van der Waals surface area contributed by atoms with Crippen molar-refractivity contribution < 1.29 is 9.53 Å². The molecule has 188 valence electrons. The zero-order valence-electron chi connectivity index (χ0n) is 21.5. The number of nitrogens with one attached hydrogen (secondary N) is 2. The number of likely N-dealkylation sites (tertiary alicyclic amines) is 1. The highest BCUT2D eigenvalue weighted by Crippen LogP contribution is 2.39. The maximum absolute atomic E-state index is 12.8. The Morgan fingerprint density at radius 2 is 1.94 bits per heavy atom. The van der Waals surface area contributed by atoms with Crippen LogP contribution in [0.3, 0.4) is 0 Å². The standard InChI is InChI=1S/C28H34N6O2/c1-28(2)11-7-23-21(28)15-19(17-30-23)22-8-12-29-27(32-22)33-24-6-5-18(16-25(24)36-4)26(35)31-20-9-13-34(3)14-10-20/h5-6,8,12,15-17,20H,7,9-11,13-14H2,1-4H3,(H,31,35)(H,29,32,33). The molecular weight excluding hydrogens is 452 g/mol. The molecule has 0 bridgehead atoms. The maximum Gasteiger partial charge on any atom is 0.251 e. The SMILES string of the molecule is COc1cc(C(=O)NC2CCN(C)CC2)ccc1Nc1nccc(-c2cnc3c(c2)C(C)(C)CC3)n1. The van der Waals surface area contributed by atoms with E-state index < -0.39 is 0 Å². The van der Waals surface area contributed by atoms with Crippen LogP contribution in [0.5, 0.6) is 5.75 Å². The molecule has 2 aromatic heterocycles. The van der Waals surface area contributed by atoms with Crippen molar-refractivity contribution in [1.82, 2.24) is 25.2 Å². The van der Waals surface area contributed by atoms with Crippen LogP contribution >= 0.6 is 0 Å². The summed E-state index contributed by atoms with van der Waals surface area (Å²) in [6.45, 7) is 6.52. The van der Waals surface area contributed by atoms with Gasteiger partial charge in [0.1, 0.15) is 5.75 Å². The number of aromatic nitrogens is 3. The third-order valence-electron chi connectivity index (χ3n) is 7.40. The molecule has 1 amide bonds. The van der Waals surface area contributed by atoms with Crippen LogP contribution in [0.4, 0.5) is 11.6 Å². The Morgan fingerprint density at radius 1 is 1.14 bits per heavy atom. The Kier molecular flexibility index (Phi) is 6.62. The minimum Gasteiger partial charge on any atom is -0.495 e. The molecule has 0 radical (unpaired) electrons. The molecular formula is C28H34N6O2. The molecule has 3 heterocycles. The molecule has 0 unspecified atom stereocenters. The first kappa shape index (κ1) is 24.2. The zero-order chi connectivity index (χ0) is 25.3. The van der Waals surface area contributed by atoms with Crippen LogP contribution in [0.1, 0.15) is 54.7 Å². The van der Waals surface area contributed by atoms with Gasteiger partial charge in [-0.15, -0.1) is 0 Å². The fourth-order valence-electron chi connectivity index (χ4n) is 5.04. The number of rotatable bonds is 6. The van der Waals surface area contributed by atoms with Gasteiger partial charge in [0, 0.05) is 35.3 Å². The van der Waals surface area contributed by atoms with E-state index in [1.165, 1.54) is 11.3 Å². The third kappa shape index (κ3) is 5.04. The van der Waals surface area contributed by atoms with E-state index >= 15 is 0 Å². The van der Waals surface area contributed by atoms with Gasteiger partial charge in [0.05, 0.1) is 18.5 Å². The number of carbonyl (C=O) groups is 1. The Labute approximate surface area is 212 Å². The van der Waals surface area contributed by atoms with Gasteiger partial charge in [-0.2, -0.15) is 0 Å². The van der Waals surface area contributed by atoms with E-state index in [1.807, 2.05) is 18.3 Å².